The molecule has 3 fully saturated rings. The van der Waals surface area contributed by atoms with Gasteiger partial charge in [0.25, 0.3) is 0 Å². The minimum Gasteiger partial charge on any atom is -0.458 e. The van der Waals surface area contributed by atoms with Gasteiger partial charge >= 0.3 is 5.97 Å². The molecule has 0 amide bonds. The average Bonchev–Trinajstić information content (AvgIpc) is 2.93. The molecule has 4 aliphatic rings. The van der Waals surface area contributed by atoms with E-state index in [0.29, 0.717) is 25.7 Å². The Hall–Kier alpha value is -1.57. The lowest BCUT2D eigenvalue weighted by atomic mass is 9.45. The van der Waals surface area contributed by atoms with Gasteiger partial charge in [0.15, 0.2) is 12.4 Å². The first kappa shape index (κ1) is 21.7. The number of carbonyl (C=O) groups excluding carboxylic acids is 3. The van der Waals surface area contributed by atoms with Crippen LogP contribution in [0.3, 0.4) is 0 Å². The van der Waals surface area contributed by atoms with E-state index < -0.39 is 47.0 Å². The number of hydrogen-bond donors (Lipinski definition) is 3. The summed E-state index contributed by atoms with van der Waals surface area (Å²) in [7, 11) is 0. The largest absolute Gasteiger partial charge is 0.458 e. The van der Waals surface area contributed by atoms with Crippen molar-refractivity contribution in [2.45, 2.75) is 77.1 Å². The highest BCUT2D eigenvalue weighted by atomic mass is 16.5. The lowest BCUT2D eigenvalue weighted by molar-refractivity contribution is -0.188. The van der Waals surface area contributed by atoms with Crippen molar-refractivity contribution >= 4 is 17.5 Å². The van der Waals surface area contributed by atoms with E-state index in [9.17, 15) is 29.7 Å². The van der Waals surface area contributed by atoms with Crippen molar-refractivity contribution in [3.8, 4) is 0 Å². The van der Waals surface area contributed by atoms with Crippen molar-refractivity contribution in [3.63, 3.8) is 0 Å². The zero-order chi connectivity index (χ0) is 22.1. The molecular formula is C23H32O7. The number of ketones is 2. The Kier molecular flexibility index (Phi) is 5.03. The van der Waals surface area contributed by atoms with E-state index in [4.69, 9.17) is 4.74 Å². The van der Waals surface area contributed by atoms with Crippen molar-refractivity contribution in [2.24, 2.45) is 28.6 Å². The van der Waals surface area contributed by atoms with Crippen molar-refractivity contribution in [2.75, 3.05) is 6.61 Å². The molecule has 166 valence electrons. The summed E-state index contributed by atoms with van der Waals surface area (Å²) in [5, 5.41) is 33.7. The third-order valence-corrected chi connectivity index (χ3v) is 8.93. The van der Waals surface area contributed by atoms with Gasteiger partial charge in [0.2, 0.25) is 5.78 Å². The fourth-order valence-corrected chi connectivity index (χ4v) is 7.49. The van der Waals surface area contributed by atoms with Crippen LogP contribution in [0.1, 0.15) is 59.3 Å². The minimum atomic E-state index is -1.68. The first-order valence-corrected chi connectivity index (χ1v) is 10.9. The Balaban J connectivity index is 1.69. The van der Waals surface area contributed by atoms with Crippen LogP contribution in [-0.2, 0) is 19.1 Å². The van der Waals surface area contributed by atoms with Crippen molar-refractivity contribution in [1.82, 2.24) is 0 Å². The number of hydrogen-bond acceptors (Lipinski definition) is 7. The molecule has 3 saturated carbocycles. The normalized spacial score (nSPS) is 47.6. The van der Waals surface area contributed by atoms with Gasteiger partial charge in [-0.05, 0) is 66.9 Å². The SMILES string of the molecule is CC(=O)OCC(=O)[C@@]1(O)CCC2C3CC(O)C4=CC(=O)CCC4(C)C3C(O)CC21C. The number of Topliss-reactive ketones (excluding diaryl/α,β-unsaturated/α-hetero) is 1. The highest BCUT2D eigenvalue weighted by Crippen LogP contribution is 2.67. The van der Waals surface area contributed by atoms with Gasteiger partial charge in [0, 0.05) is 18.8 Å². The maximum atomic E-state index is 12.9. The van der Waals surface area contributed by atoms with E-state index in [1.807, 2.05) is 13.8 Å². The molecule has 0 aromatic carbocycles. The Morgan fingerprint density at radius 2 is 1.93 bits per heavy atom. The summed E-state index contributed by atoms with van der Waals surface area (Å²) in [4.78, 5) is 36.0. The quantitative estimate of drug-likeness (QED) is 0.589. The molecule has 0 heterocycles. The topological polar surface area (TPSA) is 121 Å². The molecule has 8 atom stereocenters. The summed E-state index contributed by atoms with van der Waals surface area (Å²) in [5.74, 6) is -1.35. The second-order valence-electron chi connectivity index (χ2n) is 10.3. The van der Waals surface area contributed by atoms with Crippen molar-refractivity contribution in [1.29, 1.82) is 0 Å². The van der Waals surface area contributed by atoms with Gasteiger partial charge in [0.1, 0.15) is 5.60 Å². The molecule has 3 N–H and O–H groups in total. The predicted octanol–water partition coefficient (Wildman–Crippen LogP) is 1.32. The second kappa shape index (κ2) is 6.97. The third-order valence-electron chi connectivity index (χ3n) is 8.93. The van der Waals surface area contributed by atoms with Crippen molar-refractivity contribution < 1.29 is 34.4 Å². The predicted molar refractivity (Wildman–Crippen MR) is 106 cm³/mol. The summed E-state index contributed by atoms with van der Waals surface area (Å²) in [6.45, 7) is 4.62. The maximum absolute atomic E-state index is 12.9. The lowest BCUT2D eigenvalue weighted by Crippen LogP contribution is -2.63. The molecule has 0 spiro atoms. The molecular weight excluding hydrogens is 388 g/mol. The number of aliphatic hydroxyl groups excluding tert-OH is 2. The molecule has 0 saturated heterocycles. The highest BCUT2D eigenvalue weighted by Gasteiger charge is 2.69. The zero-order valence-corrected chi connectivity index (χ0v) is 17.9. The van der Waals surface area contributed by atoms with E-state index in [0.717, 1.165) is 5.57 Å². The van der Waals surface area contributed by atoms with Gasteiger partial charge in [0.05, 0.1) is 12.2 Å². The molecule has 0 radical (unpaired) electrons. The van der Waals surface area contributed by atoms with E-state index in [2.05, 4.69) is 0 Å². The standard InChI is InChI=1S/C23H32O7/c1-12(24)30-11-19(28)23(29)7-5-15-14-9-17(26)16-8-13(25)4-6-21(16,2)20(14)18(27)10-22(15,23)3/h8,14-15,17-18,20,26-27,29H,4-7,9-11H2,1-3H3/t14?,15?,17?,18?,20?,21?,22?,23-/m0/s1. The van der Waals surface area contributed by atoms with Crippen LogP contribution in [0.15, 0.2) is 11.6 Å². The maximum Gasteiger partial charge on any atom is 0.303 e. The second-order valence-corrected chi connectivity index (χ2v) is 10.3. The summed E-state index contributed by atoms with van der Waals surface area (Å²) >= 11 is 0. The number of aliphatic hydroxyl groups is 3. The number of carbonyl (C=O) groups is 3. The Labute approximate surface area is 176 Å². The van der Waals surface area contributed by atoms with E-state index >= 15 is 0 Å². The molecule has 0 bridgehead atoms. The van der Waals surface area contributed by atoms with Crippen LogP contribution in [0.2, 0.25) is 0 Å². The minimum absolute atomic E-state index is 0.0152. The monoisotopic (exact) mass is 420 g/mol. The molecule has 7 unspecified atom stereocenters. The summed E-state index contributed by atoms with van der Waals surface area (Å²) in [6, 6.07) is 0. The fourth-order valence-electron chi connectivity index (χ4n) is 7.49. The molecule has 30 heavy (non-hydrogen) atoms. The Bertz CT molecular complexity index is 818. The van der Waals surface area contributed by atoms with Gasteiger partial charge in [-0.1, -0.05) is 13.8 Å². The van der Waals surface area contributed by atoms with Gasteiger partial charge in [-0.3, -0.25) is 14.4 Å². The van der Waals surface area contributed by atoms with Crippen molar-refractivity contribution in [3.05, 3.63) is 11.6 Å². The number of fused-ring (bicyclic) bond motifs is 5. The van der Waals surface area contributed by atoms with E-state index in [1.165, 1.54) is 6.92 Å². The summed E-state index contributed by atoms with van der Waals surface area (Å²) < 4.78 is 4.86. The van der Waals surface area contributed by atoms with Crippen LogP contribution < -0.4 is 0 Å². The van der Waals surface area contributed by atoms with Gasteiger partial charge in [-0.2, -0.15) is 0 Å². The van der Waals surface area contributed by atoms with Crippen LogP contribution in [0.5, 0.6) is 0 Å². The third kappa shape index (κ3) is 2.85. The van der Waals surface area contributed by atoms with E-state index in [1.54, 1.807) is 6.08 Å². The molecule has 4 aliphatic carbocycles. The Morgan fingerprint density at radius 1 is 1.23 bits per heavy atom. The first-order valence-electron chi connectivity index (χ1n) is 10.9. The first-order chi connectivity index (χ1) is 13.9. The highest BCUT2D eigenvalue weighted by molar-refractivity contribution is 5.92. The smallest absolute Gasteiger partial charge is 0.303 e. The van der Waals surface area contributed by atoms with Crippen LogP contribution in [0.4, 0.5) is 0 Å². The van der Waals surface area contributed by atoms with Crippen LogP contribution in [0, 0.1) is 28.6 Å². The molecule has 7 nitrogen and oxygen atoms in total. The van der Waals surface area contributed by atoms with E-state index in [-0.39, 0.29) is 36.4 Å². The lowest BCUT2D eigenvalue weighted by Gasteiger charge is -2.61. The zero-order valence-electron chi connectivity index (χ0n) is 17.9. The fraction of sp³-hybridized carbons (Fsp3) is 0.783. The molecule has 0 aliphatic heterocycles. The van der Waals surface area contributed by atoms with Crippen LogP contribution in [-0.4, -0.2) is 57.3 Å². The van der Waals surface area contributed by atoms with Gasteiger partial charge in [-0.15, -0.1) is 0 Å². The average molecular weight is 421 g/mol. The van der Waals surface area contributed by atoms with Crippen LogP contribution >= 0.6 is 0 Å². The number of ether oxygens (including phenoxy) is 1. The Morgan fingerprint density at radius 3 is 2.60 bits per heavy atom. The number of esters is 1. The summed E-state index contributed by atoms with van der Waals surface area (Å²) in [6.07, 6.45) is 2.54. The van der Waals surface area contributed by atoms with Gasteiger partial charge < -0.3 is 20.1 Å². The van der Waals surface area contributed by atoms with Gasteiger partial charge in [-0.25, -0.2) is 0 Å². The van der Waals surface area contributed by atoms with Crippen LogP contribution in [0.25, 0.3) is 0 Å². The molecule has 0 aromatic heterocycles. The molecule has 4 rings (SSSR count). The summed E-state index contributed by atoms with van der Waals surface area (Å²) in [5.41, 5.74) is -2.29. The molecule has 0 aromatic rings. The molecule has 7 heteroatoms. The number of rotatable bonds is 3.